The lowest BCUT2D eigenvalue weighted by Crippen LogP contribution is -2.38. The van der Waals surface area contributed by atoms with Gasteiger partial charge in [-0.25, -0.2) is 0 Å². The lowest BCUT2D eigenvalue weighted by atomic mass is 9.95. The van der Waals surface area contributed by atoms with E-state index in [1.54, 1.807) is 7.11 Å². The molecule has 1 aliphatic rings. The molecule has 0 aliphatic heterocycles. The lowest BCUT2D eigenvalue weighted by molar-refractivity contribution is -0.146. The number of aliphatic carboxylic acids is 1. The fourth-order valence-electron chi connectivity index (χ4n) is 2.32. The number of carbonyl (C=O) groups excluding carboxylic acids is 1. The van der Waals surface area contributed by atoms with Gasteiger partial charge >= 0.3 is 5.97 Å². The standard InChI is InChI=1S/C12H21NO4/c1-8(7-17-2)6-13-11(14)9-4-3-5-10(9)12(15)16/h8-10H,3-7H2,1-2H3,(H,13,14)(H,15,16). The molecule has 0 spiro atoms. The first kappa shape index (κ1) is 14.0. The number of hydrogen-bond acceptors (Lipinski definition) is 3. The van der Waals surface area contributed by atoms with Crippen molar-refractivity contribution in [2.45, 2.75) is 26.2 Å². The number of carboxylic acid groups (broad SMARTS) is 1. The van der Waals surface area contributed by atoms with E-state index in [1.807, 2.05) is 6.92 Å². The average molecular weight is 243 g/mol. The maximum atomic E-state index is 11.9. The van der Waals surface area contributed by atoms with Gasteiger partial charge in [0.25, 0.3) is 0 Å². The molecule has 0 heterocycles. The molecule has 0 saturated heterocycles. The van der Waals surface area contributed by atoms with Crippen molar-refractivity contribution < 1.29 is 19.4 Å². The molecule has 2 N–H and O–H groups in total. The second kappa shape index (κ2) is 6.59. The number of hydrogen-bond donors (Lipinski definition) is 2. The van der Waals surface area contributed by atoms with E-state index in [1.165, 1.54) is 0 Å². The molecule has 0 aromatic rings. The van der Waals surface area contributed by atoms with Crippen LogP contribution in [0.2, 0.25) is 0 Å². The van der Waals surface area contributed by atoms with E-state index in [0.717, 1.165) is 6.42 Å². The molecular weight excluding hydrogens is 222 g/mol. The topological polar surface area (TPSA) is 75.6 Å². The third-order valence-corrected chi connectivity index (χ3v) is 3.25. The van der Waals surface area contributed by atoms with Crippen molar-refractivity contribution in [3.8, 4) is 0 Å². The molecule has 0 aromatic heterocycles. The summed E-state index contributed by atoms with van der Waals surface area (Å²) in [5.74, 6) is -1.60. The van der Waals surface area contributed by atoms with Gasteiger partial charge in [-0.1, -0.05) is 13.3 Å². The number of rotatable bonds is 6. The molecule has 1 aliphatic carbocycles. The smallest absolute Gasteiger partial charge is 0.307 e. The van der Waals surface area contributed by atoms with Crippen LogP contribution in [0.15, 0.2) is 0 Å². The summed E-state index contributed by atoms with van der Waals surface area (Å²) in [5, 5.41) is 11.8. The normalized spacial score (nSPS) is 25.5. The summed E-state index contributed by atoms with van der Waals surface area (Å²) in [4.78, 5) is 22.8. The number of nitrogens with one attached hydrogen (secondary N) is 1. The lowest BCUT2D eigenvalue weighted by Gasteiger charge is -2.17. The van der Waals surface area contributed by atoms with Crippen LogP contribution in [-0.2, 0) is 14.3 Å². The second-order valence-corrected chi connectivity index (χ2v) is 4.79. The molecule has 1 saturated carbocycles. The van der Waals surface area contributed by atoms with E-state index >= 15 is 0 Å². The van der Waals surface area contributed by atoms with Crippen LogP contribution >= 0.6 is 0 Å². The van der Waals surface area contributed by atoms with E-state index in [2.05, 4.69) is 5.32 Å². The largest absolute Gasteiger partial charge is 0.481 e. The fourth-order valence-corrected chi connectivity index (χ4v) is 2.32. The molecule has 5 heteroatoms. The van der Waals surface area contributed by atoms with Crippen molar-refractivity contribution in [2.75, 3.05) is 20.3 Å². The second-order valence-electron chi connectivity index (χ2n) is 4.79. The van der Waals surface area contributed by atoms with Crippen molar-refractivity contribution in [3.63, 3.8) is 0 Å². The number of carboxylic acids is 1. The molecule has 0 aromatic carbocycles. The Kier molecular flexibility index (Phi) is 5.41. The van der Waals surface area contributed by atoms with Crippen molar-refractivity contribution in [2.24, 2.45) is 17.8 Å². The molecule has 3 unspecified atom stereocenters. The number of methoxy groups -OCH3 is 1. The zero-order valence-electron chi connectivity index (χ0n) is 10.4. The van der Waals surface area contributed by atoms with Crippen molar-refractivity contribution in [1.82, 2.24) is 5.32 Å². The first-order valence-electron chi connectivity index (χ1n) is 6.05. The minimum Gasteiger partial charge on any atom is -0.481 e. The maximum absolute atomic E-state index is 11.9. The maximum Gasteiger partial charge on any atom is 0.307 e. The van der Waals surface area contributed by atoms with Gasteiger partial charge in [0.2, 0.25) is 5.91 Å². The van der Waals surface area contributed by atoms with Gasteiger partial charge in [0.15, 0.2) is 0 Å². The molecule has 0 radical (unpaired) electrons. The Morgan fingerprint density at radius 2 is 2.06 bits per heavy atom. The Labute approximate surface area is 102 Å². The first-order chi connectivity index (χ1) is 8.06. The SMILES string of the molecule is COCC(C)CNC(=O)C1CCCC1C(=O)O. The zero-order chi connectivity index (χ0) is 12.8. The van der Waals surface area contributed by atoms with Crippen molar-refractivity contribution >= 4 is 11.9 Å². The Bertz CT molecular complexity index is 280. The molecule has 3 atom stereocenters. The Morgan fingerprint density at radius 1 is 1.41 bits per heavy atom. The van der Waals surface area contributed by atoms with Crippen LogP contribution in [0.1, 0.15) is 26.2 Å². The third-order valence-electron chi connectivity index (χ3n) is 3.25. The van der Waals surface area contributed by atoms with E-state index in [4.69, 9.17) is 9.84 Å². The minimum absolute atomic E-state index is 0.127. The van der Waals surface area contributed by atoms with Gasteiger partial charge in [0.05, 0.1) is 18.4 Å². The summed E-state index contributed by atoms with van der Waals surface area (Å²) in [6, 6.07) is 0. The highest BCUT2D eigenvalue weighted by atomic mass is 16.5. The van der Waals surface area contributed by atoms with Gasteiger partial charge in [0, 0.05) is 13.7 Å². The molecule has 1 amide bonds. The summed E-state index contributed by atoms with van der Waals surface area (Å²) in [6.45, 7) is 3.11. The van der Waals surface area contributed by atoms with Gasteiger partial charge in [-0.2, -0.15) is 0 Å². The van der Waals surface area contributed by atoms with Crippen LogP contribution in [-0.4, -0.2) is 37.2 Å². The van der Waals surface area contributed by atoms with Crippen LogP contribution in [0.4, 0.5) is 0 Å². The fraction of sp³-hybridized carbons (Fsp3) is 0.833. The van der Waals surface area contributed by atoms with Crippen LogP contribution in [0.5, 0.6) is 0 Å². The van der Waals surface area contributed by atoms with E-state index in [9.17, 15) is 9.59 Å². The highest BCUT2D eigenvalue weighted by Gasteiger charge is 2.37. The molecule has 1 fully saturated rings. The monoisotopic (exact) mass is 243 g/mol. The highest BCUT2D eigenvalue weighted by Crippen LogP contribution is 2.31. The van der Waals surface area contributed by atoms with E-state index in [-0.39, 0.29) is 17.7 Å². The van der Waals surface area contributed by atoms with E-state index in [0.29, 0.717) is 26.0 Å². The molecule has 5 nitrogen and oxygen atoms in total. The summed E-state index contributed by atoms with van der Waals surface area (Å²) in [7, 11) is 1.62. The summed E-state index contributed by atoms with van der Waals surface area (Å²) >= 11 is 0. The van der Waals surface area contributed by atoms with E-state index < -0.39 is 11.9 Å². The highest BCUT2D eigenvalue weighted by molar-refractivity contribution is 5.85. The molecular formula is C12H21NO4. The predicted octanol–water partition coefficient (Wildman–Crippen LogP) is 0.886. The van der Waals surface area contributed by atoms with Crippen LogP contribution in [0, 0.1) is 17.8 Å². The third kappa shape index (κ3) is 4.00. The Balaban J connectivity index is 2.39. The van der Waals surface area contributed by atoms with Gasteiger partial charge in [0.1, 0.15) is 0 Å². The summed E-state index contributed by atoms with van der Waals surface area (Å²) in [6.07, 6.45) is 2.12. The summed E-state index contributed by atoms with van der Waals surface area (Å²) < 4.78 is 4.98. The van der Waals surface area contributed by atoms with Crippen molar-refractivity contribution in [1.29, 1.82) is 0 Å². The average Bonchev–Trinajstić information content (AvgIpc) is 2.75. The van der Waals surface area contributed by atoms with Crippen LogP contribution in [0.3, 0.4) is 0 Å². The van der Waals surface area contributed by atoms with Crippen LogP contribution < -0.4 is 5.32 Å². The molecule has 17 heavy (non-hydrogen) atoms. The number of carbonyl (C=O) groups is 2. The molecule has 98 valence electrons. The molecule has 1 rings (SSSR count). The minimum atomic E-state index is -0.854. The Morgan fingerprint density at radius 3 is 2.65 bits per heavy atom. The quantitative estimate of drug-likeness (QED) is 0.726. The predicted molar refractivity (Wildman–Crippen MR) is 62.5 cm³/mol. The van der Waals surface area contributed by atoms with Gasteiger partial charge < -0.3 is 15.2 Å². The number of amides is 1. The Hall–Kier alpha value is -1.10. The van der Waals surface area contributed by atoms with Gasteiger partial charge in [-0.3, -0.25) is 9.59 Å². The van der Waals surface area contributed by atoms with Crippen molar-refractivity contribution in [3.05, 3.63) is 0 Å². The number of ether oxygens (including phenoxy) is 1. The van der Waals surface area contributed by atoms with Crippen LogP contribution in [0.25, 0.3) is 0 Å². The van der Waals surface area contributed by atoms with Gasteiger partial charge in [-0.15, -0.1) is 0 Å². The first-order valence-corrected chi connectivity index (χ1v) is 6.05. The van der Waals surface area contributed by atoms with Gasteiger partial charge in [-0.05, 0) is 18.8 Å². The molecule has 0 bridgehead atoms. The summed E-state index contributed by atoms with van der Waals surface area (Å²) in [5.41, 5.74) is 0. The zero-order valence-corrected chi connectivity index (χ0v) is 10.4.